The van der Waals surface area contributed by atoms with E-state index in [-0.39, 0.29) is 36.0 Å². The average molecular weight is 557 g/mol. The summed E-state index contributed by atoms with van der Waals surface area (Å²) in [6, 6.07) is 8.20. The third-order valence-corrected chi connectivity index (χ3v) is 7.19. The Morgan fingerprint density at radius 1 is 1.07 bits per heavy atom. The molecule has 1 aromatic heterocycles. The summed E-state index contributed by atoms with van der Waals surface area (Å²) in [6.07, 6.45) is 1.65. The summed E-state index contributed by atoms with van der Waals surface area (Å²) in [5.74, 6) is -0.842. The van der Waals surface area contributed by atoms with Gasteiger partial charge >= 0.3 is 5.97 Å². The zero-order chi connectivity index (χ0) is 28.1. The van der Waals surface area contributed by atoms with Gasteiger partial charge < -0.3 is 29.2 Å². The van der Waals surface area contributed by atoms with E-state index in [9.17, 15) is 14.4 Å². The number of benzene rings is 1. The molecule has 5 rings (SSSR count). The molecule has 1 aromatic carbocycles. The van der Waals surface area contributed by atoms with Crippen LogP contribution in [0.25, 0.3) is 0 Å². The first-order valence-electron chi connectivity index (χ1n) is 13.4. The van der Waals surface area contributed by atoms with Crippen LogP contribution < -0.4 is 10.2 Å². The molecule has 1 N–H and O–H groups in total. The molecule has 0 saturated carbocycles. The largest absolute Gasteiger partial charge is 0.457 e. The highest BCUT2D eigenvalue weighted by molar-refractivity contribution is 6.01. The van der Waals surface area contributed by atoms with Crippen molar-refractivity contribution in [1.29, 1.82) is 0 Å². The van der Waals surface area contributed by atoms with E-state index in [4.69, 9.17) is 14.1 Å². The van der Waals surface area contributed by atoms with Gasteiger partial charge in [0.1, 0.15) is 11.9 Å². The number of nitrogens with zero attached hydrogens (tertiary/aromatic N) is 5. The summed E-state index contributed by atoms with van der Waals surface area (Å²) in [5, 5.41) is 8.35. The van der Waals surface area contributed by atoms with Gasteiger partial charge in [-0.25, -0.2) is 9.18 Å². The van der Waals surface area contributed by atoms with E-state index in [2.05, 4.69) is 10.5 Å². The van der Waals surface area contributed by atoms with E-state index in [1.54, 1.807) is 23.3 Å². The van der Waals surface area contributed by atoms with E-state index in [1.807, 2.05) is 20.8 Å². The molecule has 2 fully saturated rings. The van der Waals surface area contributed by atoms with Gasteiger partial charge in [-0.15, -0.1) is 5.06 Å². The third kappa shape index (κ3) is 6.77. The highest BCUT2D eigenvalue weighted by Crippen LogP contribution is 2.25. The maximum absolute atomic E-state index is 15.1. The lowest BCUT2D eigenvalue weighted by Crippen LogP contribution is -2.54. The summed E-state index contributed by atoms with van der Waals surface area (Å²) in [6.45, 7) is 6.34. The van der Waals surface area contributed by atoms with Gasteiger partial charge in [0, 0.05) is 71.3 Å². The number of hydroxylamine groups is 2. The molecule has 3 aliphatic heterocycles. The number of rotatable bonds is 8. The summed E-state index contributed by atoms with van der Waals surface area (Å²) in [4.78, 5) is 52.6. The highest BCUT2D eigenvalue weighted by Gasteiger charge is 2.28. The number of carbonyl (C=O) groups excluding carboxylic acids is 3. The molecule has 0 aliphatic carbocycles. The molecule has 3 aliphatic rings. The molecular weight excluding hydrogens is 523 g/mol. The van der Waals surface area contributed by atoms with Crippen molar-refractivity contribution in [2.24, 2.45) is 5.16 Å². The lowest BCUT2D eigenvalue weighted by atomic mass is 10.0. The topological polar surface area (TPSA) is 120 Å². The van der Waals surface area contributed by atoms with Crippen molar-refractivity contribution in [3.63, 3.8) is 0 Å². The zero-order valence-corrected chi connectivity index (χ0v) is 22.4. The van der Waals surface area contributed by atoms with Gasteiger partial charge in [-0.2, -0.15) is 0 Å². The molecule has 4 heterocycles. The zero-order valence-electron chi connectivity index (χ0n) is 22.4. The van der Waals surface area contributed by atoms with Crippen LogP contribution in [0.1, 0.15) is 29.5 Å². The van der Waals surface area contributed by atoms with Gasteiger partial charge in [0.15, 0.2) is 0 Å². The van der Waals surface area contributed by atoms with E-state index < -0.39 is 5.97 Å². The number of carbonyl (C=O) groups is 3. The van der Waals surface area contributed by atoms with E-state index >= 15 is 4.39 Å². The van der Waals surface area contributed by atoms with Gasteiger partial charge in [-0.1, -0.05) is 11.2 Å². The van der Waals surface area contributed by atoms with Crippen LogP contribution in [0.4, 0.5) is 10.1 Å². The van der Waals surface area contributed by atoms with Crippen LogP contribution in [0, 0.1) is 5.82 Å². The minimum absolute atomic E-state index is 0.0320. The second-order valence-corrected chi connectivity index (χ2v) is 10.0. The predicted octanol–water partition coefficient (Wildman–Crippen LogP) is 1.09. The Morgan fingerprint density at radius 2 is 1.85 bits per heavy atom. The summed E-state index contributed by atoms with van der Waals surface area (Å²) in [5.41, 5.74) is 1.79. The van der Waals surface area contributed by atoms with Crippen LogP contribution in [0.15, 0.2) is 46.2 Å². The summed E-state index contributed by atoms with van der Waals surface area (Å²) < 4.78 is 20.1. The Labute approximate surface area is 231 Å². The molecule has 12 nitrogen and oxygen atoms in total. The maximum Gasteiger partial charge on any atom is 0.393 e. The second-order valence-electron chi connectivity index (χ2n) is 10.0. The van der Waals surface area contributed by atoms with Gasteiger partial charge in [0.05, 0.1) is 30.8 Å². The molecule has 1 atom stereocenters. The van der Waals surface area contributed by atoms with Crippen molar-refractivity contribution >= 4 is 29.2 Å². The lowest BCUT2D eigenvalue weighted by Gasteiger charge is -2.38. The van der Waals surface area contributed by atoms with Crippen LogP contribution in [-0.2, 0) is 19.3 Å². The van der Waals surface area contributed by atoms with Crippen LogP contribution in [0.3, 0.4) is 0 Å². The Balaban J connectivity index is 1.05. The molecule has 0 bridgehead atoms. The Kier molecular flexibility index (Phi) is 8.60. The number of oxime groups is 1. The SMILES string of the molecule is CC(=O)NCC1CC(c2ccc(N3CCN(C(=O)CN4CCN(OC(=O)c5ccco5)CC4)CC3)c(F)c2)=NO1. The lowest BCUT2D eigenvalue weighted by molar-refractivity contribution is -0.142. The molecule has 0 radical (unpaired) electrons. The average Bonchev–Trinajstić information content (AvgIpc) is 3.66. The summed E-state index contributed by atoms with van der Waals surface area (Å²) >= 11 is 0. The third-order valence-electron chi connectivity index (χ3n) is 7.19. The molecule has 1 unspecified atom stereocenters. The Morgan fingerprint density at radius 3 is 2.52 bits per heavy atom. The van der Waals surface area contributed by atoms with Crippen LogP contribution in [-0.4, -0.2) is 110 Å². The van der Waals surface area contributed by atoms with E-state index in [0.717, 1.165) is 0 Å². The molecule has 40 heavy (non-hydrogen) atoms. The van der Waals surface area contributed by atoms with Crippen molar-refractivity contribution in [2.45, 2.75) is 19.4 Å². The molecule has 214 valence electrons. The number of furan rings is 1. The predicted molar refractivity (Wildman–Crippen MR) is 142 cm³/mol. The first-order valence-corrected chi connectivity index (χ1v) is 13.4. The number of amides is 2. The van der Waals surface area contributed by atoms with Crippen molar-refractivity contribution < 1.29 is 32.9 Å². The molecule has 2 aromatic rings. The second kappa shape index (κ2) is 12.5. The number of hydrogen-bond donors (Lipinski definition) is 1. The van der Waals surface area contributed by atoms with Crippen LogP contribution in [0.5, 0.6) is 0 Å². The van der Waals surface area contributed by atoms with Crippen molar-refractivity contribution in [2.75, 3.05) is 70.3 Å². The fourth-order valence-electron chi connectivity index (χ4n) is 4.93. The fourth-order valence-corrected chi connectivity index (χ4v) is 4.93. The highest BCUT2D eigenvalue weighted by atomic mass is 19.1. The first-order chi connectivity index (χ1) is 19.4. The van der Waals surface area contributed by atoms with Gasteiger partial charge in [0.25, 0.3) is 0 Å². The fraction of sp³-hybridized carbons (Fsp3) is 0.481. The van der Waals surface area contributed by atoms with E-state index in [0.29, 0.717) is 82.3 Å². The molecule has 2 amide bonds. The normalized spacial score (nSPS) is 20.1. The van der Waals surface area contributed by atoms with Crippen molar-refractivity contribution in [3.8, 4) is 0 Å². The van der Waals surface area contributed by atoms with Gasteiger partial charge in [-0.3, -0.25) is 14.5 Å². The van der Waals surface area contributed by atoms with Gasteiger partial charge in [0.2, 0.25) is 17.6 Å². The Bertz CT molecular complexity index is 1240. The van der Waals surface area contributed by atoms with Crippen LogP contribution in [0.2, 0.25) is 0 Å². The Hall–Kier alpha value is -3.97. The number of nitrogens with one attached hydrogen (secondary N) is 1. The number of piperazine rings is 2. The first kappa shape index (κ1) is 27.6. The monoisotopic (exact) mass is 556 g/mol. The molecular formula is C27H33FN6O6. The maximum atomic E-state index is 15.1. The van der Waals surface area contributed by atoms with Crippen LogP contribution >= 0.6 is 0 Å². The molecule has 13 heteroatoms. The molecule has 0 spiro atoms. The van der Waals surface area contributed by atoms with Crippen molar-refractivity contribution in [1.82, 2.24) is 20.2 Å². The van der Waals surface area contributed by atoms with E-state index in [1.165, 1.54) is 19.3 Å². The molecule has 2 saturated heterocycles. The van der Waals surface area contributed by atoms with Gasteiger partial charge in [-0.05, 0) is 24.3 Å². The summed E-state index contributed by atoms with van der Waals surface area (Å²) in [7, 11) is 0. The standard InChI is InChI=1S/C27H33FN6O6/c1-19(35)29-17-21-16-23(30-39-21)20-4-5-24(22(28)15-20)32-8-10-33(11-9-32)26(36)18-31-6-12-34(13-7-31)40-27(37)25-3-2-14-38-25/h2-5,14-15,21H,6-13,16-18H2,1H3,(H,29,35). The number of halogens is 1. The number of anilines is 1. The minimum Gasteiger partial charge on any atom is -0.457 e. The smallest absolute Gasteiger partial charge is 0.393 e. The minimum atomic E-state index is -0.535. The quantitative estimate of drug-likeness (QED) is 0.509. The van der Waals surface area contributed by atoms with Crippen molar-refractivity contribution in [3.05, 3.63) is 53.7 Å². The number of hydrogen-bond acceptors (Lipinski definition) is 10.